The predicted octanol–water partition coefficient (Wildman–Crippen LogP) is 6.20. The number of amides is 2. The molecule has 1 heterocycles. The Hall–Kier alpha value is -3.03. The van der Waals surface area contributed by atoms with Gasteiger partial charge >= 0.3 is 0 Å². The number of benzene rings is 1. The van der Waals surface area contributed by atoms with Gasteiger partial charge in [0, 0.05) is 18.5 Å². The topological polar surface area (TPSA) is 94.5 Å². The van der Waals surface area contributed by atoms with Gasteiger partial charge in [-0.2, -0.15) is 5.10 Å². The fourth-order valence-electron chi connectivity index (χ4n) is 6.68. The van der Waals surface area contributed by atoms with Crippen molar-refractivity contribution in [3.05, 3.63) is 30.0 Å². The number of hydrogen-bond acceptors (Lipinski definition) is 5. The van der Waals surface area contributed by atoms with Crippen molar-refractivity contribution in [3.8, 4) is 22.8 Å². The van der Waals surface area contributed by atoms with E-state index in [1.807, 2.05) is 28.9 Å². The van der Waals surface area contributed by atoms with Crippen LogP contribution >= 0.6 is 0 Å². The molecule has 8 heteroatoms. The molecule has 0 saturated heterocycles. The molecule has 0 spiro atoms. The maximum atomic E-state index is 13.7. The number of hydrogen-bond donors (Lipinski definition) is 2. The van der Waals surface area contributed by atoms with Crippen molar-refractivity contribution in [3.63, 3.8) is 0 Å². The number of carbonyl (C=O) groups excluding carboxylic acids is 2. The minimum Gasteiger partial charge on any atom is -0.496 e. The molecular weight excluding hydrogens is 504 g/mol. The average Bonchev–Trinajstić information content (AvgIpc) is 3.64. The van der Waals surface area contributed by atoms with Crippen LogP contribution in [0.15, 0.2) is 24.3 Å². The summed E-state index contributed by atoms with van der Waals surface area (Å²) in [7, 11) is 3.29. The van der Waals surface area contributed by atoms with Crippen LogP contribution in [-0.2, 0) is 4.79 Å². The fourth-order valence-corrected chi connectivity index (χ4v) is 6.68. The molecule has 0 radical (unpaired) electrons. The van der Waals surface area contributed by atoms with Crippen molar-refractivity contribution in [2.45, 2.75) is 114 Å². The van der Waals surface area contributed by atoms with E-state index >= 15 is 0 Å². The van der Waals surface area contributed by atoms with E-state index in [1.165, 1.54) is 38.5 Å². The normalized spacial score (nSPS) is 19.1. The maximum absolute atomic E-state index is 13.7. The Labute approximate surface area is 238 Å². The Morgan fingerprint density at radius 3 is 2.25 bits per heavy atom. The van der Waals surface area contributed by atoms with Crippen LogP contribution in [0.25, 0.3) is 11.3 Å². The molecule has 0 aliphatic heterocycles. The predicted molar refractivity (Wildman–Crippen MR) is 156 cm³/mol. The maximum Gasteiger partial charge on any atom is 0.272 e. The second-order valence-corrected chi connectivity index (χ2v) is 12.0. The highest BCUT2D eigenvalue weighted by molar-refractivity contribution is 5.94. The minimum absolute atomic E-state index is 0.0366. The lowest BCUT2D eigenvalue weighted by Gasteiger charge is -2.28. The molecule has 40 heavy (non-hydrogen) atoms. The molecule has 8 nitrogen and oxygen atoms in total. The standard InChI is InChI=1S/C32H46N4O4/c1-39-28-16-9-17-29(40-2)31(28)27-21-26(35-36(27)25-14-6-7-15-25)32(38)34-24(19-18-22-10-4-3-5-11-22)20-30(37)33-23-12-8-13-23/h9,16-17,21-25H,3-8,10-15,18-20H2,1-2H3,(H,33,37)(H,34,38). The molecule has 3 aliphatic carbocycles. The van der Waals surface area contributed by atoms with Crippen LogP contribution in [-0.4, -0.2) is 47.9 Å². The van der Waals surface area contributed by atoms with Gasteiger partial charge in [-0.05, 0) is 69.1 Å². The first-order valence-corrected chi connectivity index (χ1v) is 15.5. The van der Waals surface area contributed by atoms with Gasteiger partial charge in [0.25, 0.3) is 5.91 Å². The summed E-state index contributed by atoms with van der Waals surface area (Å²) in [6.07, 6.45) is 16.2. The second-order valence-electron chi connectivity index (χ2n) is 12.0. The van der Waals surface area contributed by atoms with Gasteiger partial charge in [-0.1, -0.05) is 51.0 Å². The van der Waals surface area contributed by atoms with Gasteiger partial charge in [0.1, 0.15) is 11.5 Å². The monoisotopic (exact) mass is 550 g/mol. The fraction of sp³-hybridized carbons (Fsp3) is 0.656. The number of nitrogens with one attached hydrogen (secondary N) is 2. The van der Waals surface area contributed by atoms with E-state index in [9.17, 15) is 9.59 Å². The highest BCUT2D eigenvalue weighted by Gasteiger charge is 2.29. The summed E-state index contributed by atoms with van der Waals surface area (Å²) < 4.78 is 13.4. The molecule has 5 rings (SSSR count). The third kappa shape index (κ3) is 6.81. The zero-order valence-electron chi connectivity index (χ0n) is 24.3. The molecule has 218 valence electrons. The zero-order valence-corrected chi connectivity index (χ0v) is 24.3. The number of rotatable bonds is 12. The van der Waals surface area contributed by atoms with E-state index < -0.39 is 0 Å². The number of nitrogens with zero attached hydrogens (tertiary/aromatic N) is 2. The summed E-state index contributed by atoms with van der Waals surface area (Å²) in [5.41, 5.74) is 2.00. The lowest BCUT2D eigenvalue weighted by Crippen LogP contribution is -2.44. The molecule has 1 atom stereocenters. The van der Waals surface area contributed by atoms with Gasteiger partial charge < -0.3 is 20.1 Å². The number of carbonyl (C=O) groups is 2. The molecule has 3 aliphatic rings. The van der Waals surface area contributed by atoms with Gasteiger partial charge in [0.15, 0.2) is 5.69 Å². The van der Waals surface area contributed by atoms with Crippen molar-refractivity contribution >= 4 is 11.8 Å². The molecule has 2 amide bonds. The van der Waals surface area contributed by atoms with E-state index in [-0.39, 0.29) is 23.9 Å². The van der Waals surface area contributed by atoms with Gasteiger partial charge in [-0.15, -0.1) is 0 Å². The quantitative estimate of drug-likeness (QED) is 0.328. The summed E-state index contributed by atoms with van der Waals surface area (Å²) >= 11 is 0. The van der Waals surface area contributed by atoms with Crippen molar-refractivity contribution < 1.29 is 19.1 Å². The number of ether oxygens (including phenoxy) is 2. The smallest absolute Gasteiger partial charge is 0.272 e. The summed E-state index contributed by atoms with van der Waals surface area (Å²) in [6, 6.07) is 7.88. The van der Waals surface area contributed by atoms with E-state index in [4.69, 9.17) is 14.6 Å². The average molecular weight is 551 g/mol. The van der Waals surface area contributed by atoms with Crippen LogP contribution in [0.1, 0.15) is 113 Å². The summed E-state index contributed by atoms with van der Waals surface area (Å²) in [5.74, 6) is 1.87. The van der Waals surface area contributed by atoms with Gasteiger partial charge in [0.2, 0.25) is 5.91 Å². The summed E-state index contributed by atoms with van der Waals surface area (Å²) in [4.78, 5) is 26.6. The zero-order chi connectivity index (χ0) is 27.9. The first-order valence-electron chi connectivity index (χ1n) is 15.5. The van der Waals surface area contributed by atoms with Crippen LogP contribution < -0.4 is 20.1 Å². The minimum atomic E-state index is -0.225. The lowest BCUT2D eigenvalue weighted by atomic mass is 9.85. The molecule has 1 aromatic heterocycles. The van der Waals surface area contributed by atoms with Crippen LogP contribution in [0.5, 0.6) is 11.5 Å². The molecule has 2 aromatic rings. The number of methoxy groups -OCH3 is 2. The van der Waals surface area contributed by atoms with Crippen molar-refractivity contribution in [2.75, 3.05) is 14.2 Å². The summed E-state index contributed by atoms with van der Waals surface area (Å²) in [6.45, 7) is 0. The molecule has 1 aromatic carbocycles. The van der Waals surface area contributed by atoms with E-state index in [2.05, 4.69) is 10.6 Å². The molecule has 3 fully saturated rings. The highest BCUT2D eigenvalue weighted by atomic mass is 16.5. The Morgan fingerprint density at radius 2 is 1.62 bits per heavy atom. The van der Waals surface area contributed by atoms with Crippen LogP contribution in [0.3, 0.4) is 0 Å². The molecule has 3 saturated carbocycles. The Kier molecular flexibility index (Phi) is 9.66. The van der Waals surface area contributed by atoms with Crippen LogP contribution in [0, 0.1) is 5.92 Å². The SMILES string of the molecule is COc1cccc(OC)c1-c1cc(C(=O)NC(CCC2CCCCC2)CC(=O)NC2CCC2)nn1C1CCCC1. The summed E-state index contributed by atoms with van der Waals surface area (Å²) in [5, 5.41) is 11.2. The van der Waals surface area contributed by atoms with Crippen molar-refractivity contribution in [1.29, 1.82) is 0 Å². The van der Waals surface area contributed by atoms with Crippen molar-refractivity contribution in [2.24, 2.45) is 5.92 Å². The molecule has 0 bridgehead atoms. The number of aromatic nitrogens is 2. The van der Waals surface area contributed by atoms with E-state index in [0.29, 0.717) is 35.6 Å². The Balaban J connectivity index is 1.37. The Bertz CT molecular complexity index is 1120. The Morgan fingerprint density at radius 1 is 0.950 bits per heavy atom. The van der Waals surface area contributed by atoms with Crippen molar-refractivity contribution in [1.82, 2.24) is 20.4 Å². The van der Waals surface area contributed by atoms with Crippen LogP contribution in [0.2, 0.25) is 0 Å². The third-order valence-corrected chi connectivity index (χ3v) is 9.21. The second kappa shape index (κ2) is 13.6. The van der Waals surface area contributed by atoms with E-state index in [0.717, 1.165) is 62.6 Å². The van der Waals surface area contributed by atoms with Crippen LogP contribution in [0.4, 0.5) is 0 Å². The van der Waals surface area contributed by atoms with Gasteiger partial charge in [-0.3, -0.25) is 14.3 Å². The third-order valence-electron chi connectivity index (χ3n) is 9.21. The highest BCUT2D eigenvalue weighted by Crippen LogP contribution is 2.42. The molecule has 2 N–H and O–H groups in total. The lowest BCUT2D eigenvalue weighted by molar-refractivity contribution is -0.122. The van der Waals surface area contributed by atoms with Gasteiger partial charge in [-0.25, -0.2) is 0 Å². The molecule has 1 unspecified atom stereocenters. The first-order chi connectivity index (χ1) is 19.6. The van der Waals surface area contributed by atoms with E-state index in [1.54, 1.807) is 14.2 Å². The first kappa shape index (κ1) is 28.5. The van der Waals surface area contributed by atoms with Gasteiger partial charge in [0.05, 0.1) is 31.5 Å². The molecular formula is C32H46N4O4. The largest absolute Gasteiger partial charge is 0.496 e.